The van der Waals surface area contributed by atoms with Crippen molar-refractivity contribution in [3.8, 4) is 0 Å². The number of aliphatic hydroxyl groups excluding tert-OH is 23. The van der Waals surface area contributed by atoms with Crippen molar-refractivity contribution in [2.45, 2.75) is 246 Å². The molecule has 30 heterocycles. The van der Waals surface area contributed by atoms with Crippen molar-refractivity contribution in [3.05, 3.63) is 47.5 Å². The standard InChI is InChI=1S/C60H86O43/c61-7-19-43-27(68)35(76)53(88-19)97-44-20(8-62)90-55(37(78)29(44)70)99-46-22(10-64)92-57(39(80)31(46)72)101-48-24(12-66)94-59(41(82)33(48)74)103-50-26(14-87-52(86)18-6-16-4-2-1-3-15(16)5-17(18)51(84)85)95-60(42(83)34(50)75)102-49-25(13-67)93-58(40(81)32(49)73)100-47-23(11-65)91-56(38(79)30(47)71)98-45-21(9-63)89-54(96-43)36(77)28(45)69/h1-6,19-50,53-83H,7-14H2,(H,84,85)/t19-,20-,21-,22-,23-,24-,25-,26-,27-,28-,29+,30-,31+,32-,33+,34-,35-,36-,37+,38-,39+,40-,41+,42-,43-,44-,45-,46-,47-,48-,49-,50-,53-,54-,55-,56-,57-,58-,59-,60-/m1/s1. The van der Waals surface area contributed by atoms with Crippen LogP contribution in [-0.4, -0.2) is 433 Å². The van der Waals surface area contributed by atoms with Crippen LogP contribution in [0.3, 0.4) is 0 Å². The lowest BCUT2D eigenvalue weighted by molar-refractivity contribution is -0.404. The molecule has 16 bridgehead atoms. The number of carbonyl (C=O) groups excluding carboxylic acids is 1. The third-order valence-electron chi connectivity index (χ3n) is 19.4. The Hall–Kier alpha value is -3.92. The molecular formula is C60H86O43. The van der Waals surface area contributed by atoms with Gasteiger partial charge in [0, 0.05) is 0 Å². The van der Waals surface area contributed by atoms with E-state index in [1.54, 1.807) is 24.3 Å². The van der Waals surface area contributed by atoms with Crippen LogP contribution in [0.5, 0.6) is 0 Å². The normalized spacial score (nSPS) is 48.9. The predicted molar refractivity (Wildman–Crippen MR) is 315 cm³/mol. The molecule has 103 heavy (non-hydrogen) atoms. The Labute approximate surface area is 580 Å². The quantitative estimate of drug-likeness (QED) is 0.0929. The van der Waals surface area contributed by atoms with Gasteiger partial charge in [0.2, 0.25) is 0 Å². The van der Waals surface area contributed by atoms with Gasteiger partial charge in [0.25, 0.3) is 0 Å². The largest absolute Gasteiger partial charge is 0.478 e. The fourth-order valence-corrected chi connectivity index (χ4v) is 13.7. The summed E-state index contributed by atoms with van der Waals surface area (Å²) in [5.74, 6) is -2.92. The third kappa shape index (κ3) is 16.0. The Balaban J connectivity index is 0.884. The van der Waals surface area contributed by atoms with Gasteiger partial charge in [0.1, 0.15) is 202 Å². The van der Waals surface area contributed by atoms with Gasteiger partial charge in [-0.2, -0.15) is 0 Å². The topological polar surface area (TPSA) is 677 Å². The lowest BCUT2D eigenvalue weighted by Gasteiger charge is -2.50. The Morgan fingerprint density at radius 2 is 0.456 bits per heavy atom. The Morgan fingerprint density at radius 3 is 0.650 bits per heavy atom. The molecule has 0 amide bonds. The number of hydrogen-bond acceptors (Lipinski definition) is 42. The highest BCUT2D eigenvalue weighted by Gasteiger charge is 2.61. The number of carboxylic acid groups (broad SMARTS) is 1. The zero-order valence-corrected chi connectivity index (χ0v) is 53.7. The van der Waals surface area contributed by atoms with Gasteiger partial charge in [-0.3, -0.25) is 0 Å². The highest BCUT2D eigenvalue weighted by molar-refractivity contribution is 6.06. The molecule has 30 aliphatic rings. The molecule has 32 rings (SSSR count). The van der Waals surface area contributed by atoms with E-state index in [4.69, 9.17) is 80.5 Å². The first-order valence-corrected chi connectivity index (χ1v) is 32.7. The number of benzene rings is 2. The summed E-state index contributed by atoms with van der Waals surface area (Å²) in [6.07, 6.45) is -85.3. The van der Waals surface area contributed by atoms with Gasteiger partial charge < -0.3 is 203 Å². The second-order valence-electron chi connectivity index (χ2n) is 25.9. The number of esters is 1. The predicted octanol–water partition coefficient (Wildman–Crippen LogP) is -14.7. The molecule has 30 fully saturated rings. The number of carboxylic acids is 1. The number of rotatable bonds is 11. The molecule has 2 aromatic carbocycles. The highest BCUT2D eigenvalue weighted by atomic mass is 16.8. The van der Waals surface area contributed by atoms with E-state index in [2.05, 4.69) is 0 Å². The SMILES string of the molecule is O=C(O)c1cc2ccccc2cc1C(=O)OC[C@H]1O[C@@H]2O[C@H]3[C@H](O)[C@@H](O)[C@@H](O[C@H]4[C@H](O)[C@@H](O)[C@@H](O[C@H]5[C@H](O)[C@@H](O)[C@@H](O[C@H]6[C@H](O)[C@@H](O)[C@@H](O[C@H]7[C@@H](O)[C@H](O)[C@@H](O[C@H]8[C@@H](O)[C@H](O)[C@@H](O[C@H]9[C@@H](O)[C@H](O)[C@@H](O[C@H]1[C@H](O)[C@H]2O)O[C@@H]9CO)O[C@@H]8CO)O[C@@H]7CO)O[C@@H]6CO)O[C@@H]5CO)O[C@@H]4CO)O[C@@H]3CO. The lowest BCUT2D eigenvalue weighted by Crippen LogP contribution is -2.69. The summed E-state index contributed by atoms with van der Waals surface area (Å²) in [5.41, 5.74) is -1.07. The molecule has 584 valence electrons. The van der Waals surface area contributed by atoms with E-state index in [0.717, 1.165) is 0 Å². The van der Waals surface area contributed by atoms with Crippen molar-refractivity contribution >= 4 is 22.7 Å². The molecule has 43 nitrogen and oxygen atoms in total. The molecule has 0 radical (unpaired) electrons. The van der Waals surface area contributed by atoms with E-state index in [9.17, 15) is 132 Å². The smallest absolute Gasteiger partial charge is 0.339 e. The first-order valence-electron chi connectivity index (χ1n) is 32.7. The van der Waals surface area contributed by atoms with E-state index in [1.165, 1.54) is 12.1 Å². The van der Waals surface area contributed by atoms with Gasteiger partial charge in [-0.15, -0.1) is 0 Å². The maximum Gasteiger partial charge on any atom is 0.339 e. The Bertz CT molecular complexity index is 3070. The van der Waals surface area contributed by atoms with Crippen molar-refractivity contribution in [2.75, 3.05) is 52.9 Å². The fourth-order valence-electron chi connectivity index (χ4n) is 13.7. The molecule has 0 aromatic heterocycles. The van der Waals surface area contributed by atoms with Crippen molar-refractivity contribution in [2.24, 2.45) is 0 Å². The third-order valence-corrected chi connectivity index (χ3v) is 19.4. The number of hydrogen-bond donors (Lipinski definition) is 24. The highest BCUT2D eigenvalue weighted by Crippen LogP contribution is 2.40. The Kier molecular flexibility index (Phi) is 26.4. The second-order valence-corrected chi connectivity index (χ2v) is 25.9. The zero-order chi connectivity index (χ0) is 74.5. The molecule has 0 spiro atoms. The van der Waals surface area contributed by atoms with Gasteiger partial charge in [0.15, 0.2) is 50.3 Å². The van der Waals surface area contributed by atoms with Gasteiger partial charge >= 0.3 is 11.9 Å². The first kappa shape index (κ1) is 80.1. The first-order chi connectivity index (χ1) is 49.1. The number of aromatic carboxylic acids is 1. The minimum Gasteiger partial charge on any atom is -0.478 e. The van der Waals surface area contributed by atoms with Crippen LogP contribution in [0.4, 0.5) is 0 Å². The van der Waals surface area contributed by atoms with Crippen LogP contribution in [0.2, 0.25) is 0 Å². The van der Waals surface area contributed by atoms with E-state index in [0.29, 0.717) is 10.8 Å². The molecule has 43 heteroatoms. The van der Waals surface area contributed by atoms with Gasteiger partial charge in [0.05, 0.1) is 57.4 Å². The van der Waals surface area contributed by atoms with Crippen molar-refractivity contribution in [1.82, 2.24) is 0 Å². The van der Waals surface area contributed by atoms with Crippen LogP contribution < -0.4 is 0 Å². The van der Waals surface area contributed by atoms with Crippen molar-refractivity contribution < 1.29 is 213 Å². The maximum atomic E-state index is 14.0. The molecule has 40 atom stereocenters. The monoisotopic (exact) mass is 1490 g/mol. The molecular weight excluding hydrogens is 1410 g/mol. The molecule has 2 aromatic rings. The maximum absolute atomic E-state index is 14.0. The van der Waals surface area contributed by atoms with Gasteiger partial charge in [-0.05, 0) is 22.9 Å². The molecule has 0 unspecified atom stereocenters. The van der Waals surface area contributed by atoms with Gasteiger partial charge in [-0.1, -0.05) is 24.3 Å². The van der Waals surface area contributed by atoms with Gasteiger partial charge in [-0.25, -0.2) is 9.59 Å². The number of carbonyl (C=O) groups is 2. The summed E-state index contributed by atoms with van der Waals surface area (Å²) in [6, 6.07) is 8.65. The zero-order valence-electron chi connectivity index (χ0n) is 53.7. The van der Waals surface area contributed by atoms with Crippen LogP contribution in [0, 0.1) is 0 Å². The van der Waals surface area contributed by atoms with Crippen LogP contribution in [0.25, 0.3) is 10.8 Å². The van der Waals surface area contributed by atoms with Crippen molar-refractivity contribution in [3.63, 3.8) is 0 Å². The summed E-state index contributed by atoms with van der Waals surface area (Å²) in [4.78, 5) is 26.5. The number of fused-ring (bicyclic) bond motifs is 1. The molecule has 0 aliphatic carbocycles. The summed E-state index contributed by atoms with van der Waals surface area (Å²) in [5, 5.41) is 270. The second kappa shape index (κ2) is 33.9. The molecule has 24 N–H and O–H groups in total. The Morgan fingerprint density at radius 1 is 0.272 bits per heavy atom. The number of ether oxygens (including phenoxy) is 17. The fraction of sp³-hybridized carbons (Fsp3) is 0.800. The lowest BCUT2D eigenvalue weighted by atomic mass is 9.94. The molecule has 30 saturated heterocycles. The summed E-state index contributed by atoms with van der Waals surface area (Å²) in [7, 11) is 0. The van der Waals surface area contributed by atoms with Crippen LogP contribution in [0.1, 0.15) is 20.7 Å². The summed E-state index contributed by atoms with van der Waals surface area (Å²) in [6.45, 7) is -9.03. The average Bonchev–Trinajstić information content (AvgIpc) is 0.777. The van der Waals surface area contributed by atoms with Crippen LogP contribution in [0.15, 0.2) is 36.4 Å². The van der Waals surface area contributed by atoms with Crippen LogP contribution in [-0.2, 0) is 80.5 Å². The number of aliphatic hydroxyl groups is 23. The molecule has 0 saturated carbocycles. The minimum atomic E-state index is -2.41. The molecule has 30 aliphatic heterocycles. The van der Waals surface area contributed by atoms with E-state index < -0.39 is 322 Å². The van der Waals surface area contributed by atoms with E-state index in [-0.39, 0.29) is 0 Å². The van der Waals surface area contributed by atoms with E-state index in [1.807, 2.05) is 0 Å². The van der Waals surface area contributed by atoms with Crippen LogP contribution >= 0.6 is 0 Å². The summed E-state index contributed by atoms with van der Waals surface area (Å²) < 4.78 is 98.1. The average molecular weight is 1500 g/mol. The van der Waals surface area contributed by atoms with E-state index >= 15 is 0 Å². The van der Waals surface area contributed by atoms with Crippen molar-refractivity contribution in [1.29, 1.82) is 0 Å². The summed E-state index contributed by atoms with van der Waals surface area (Å²) >= 11 is 0. The minimum absolute atomic E-state index is 0.369.